The Morgan fingerprint density at radius 3 is 2.90 bits per heavy atom. The molecule has 20 heavy (non-hydrogen) atoms. The van der Waals surface area contributed by atoms with Crippen LogP contribution in [0.5, 0.6) is 0 Å². The molecule has 1 aromatic carbocycles. The Labute approximate surface area is 120 Å². The van der Waals surface area contributed by atoms with Gasteiger partial charge >= 0.3 is 0 Å². The molecule has 1 aromatic heterocycles. The topological polar surface area (TPSA) is 105 Å². The number of carbonyl (C=O) groups is 1. The Balaban J connectivity index is 2.29. The first-order valence-electron chi connectivity index (χ1n) is 5.96. The van der Waals surface area contributed by atoms with Gasteiger partial charge in [0.15, 0.2) is 0 Å². The highest BCUT2D eigenvalue weighted by Crippen LogP contribution is 2.23. The average Bonchev–Trinajstić information content (AvgIpc) is 2.90. The Kier molecular flexibility index (Phi) is 3.96. The minimum Gasteiger partial charge on any atom is -0.399 e. The van der Waals surface area contributed by atoms with Gasteiger partial charge in [-0.1, -0.05) is 18.3 Å². The molecule has 0 unspecified atom stereocenters. The van der Waals surface area contributed by atoms with Crippen LogP contribution in [0.1, 0.15) is 40.7 Å². The van der Waals surface area contributed by atoms with Gasteiger partial charge in [0.1, 0.15) is 10.9 Å². The van der Waals surface area contributed by atoms with Crippen molar-refractivity contribution in [1.29, 1.82) is 5.26 Å². The molecule has 6 nitrogen and oxygen atoms in total. The summed E-state index contributed by atoms with van der Waals surface area (Å²) in [6.07, 6.45) is 0. The molecular weight excluding hydrogens is 274 g/mol. The quantitative estimate of drug-likeness (QED) is 0.843. The maximum Gasteiger partial charge on any atom is 0.269 e. The number of hydrogen-bond donors (Lipinski definition) is 2. The van der Waals surface area contributed by atoms with Crippen LogP contribution in [0, 0.1) is 11.3 Å². The van der Waals surface area contributed by atoms with Crippen molar-refractivity contribution in [2.24, 2.45) is 0 Å². The Morgan fingerprint density at radius 2 is 2.25 bits per heavy atom. The van der Waals surface area contributed by atoms with E-state index in [0.29, 0.717) is 27.5 Å². The summed E-state index contributed by atoms with van der Waals surface area (Å²) in [5.41, 5.74) is 7.49. The van der Waals surface area contributed by atoms with E-state index in [1.54, 1.807) is 12.1 Å². The number of anilines is 2. The number of nitrogens with zero attached hydrogens (tertiary/aromatic N) is 3. The number of hydrogen-bond acceptors (Lipinski definition) is 6. The molecule has 1 heterocycles. The van der Waals surface area contributed by atoms with Gasteiger partial charge in [-0.3, -0.25) is 4.79 Å². The molecule has 7 heteroatoms. The first-order valence-corrected chi connectivity index (χ1v) is 6.73. The zero-order valence-electron chi connectivity index (χ0n) is 11.0. The van der Waals surface area contributed by atoms with Crippen LogP contribution in [0.15, 0.2) is 18.2 Å². The summed E-state index contributed by atoms with van der Waals surface area (Å²) < 4.78 is 3.81. The molecule has 102 valence electrons. The fourth-order valence-corrected chi connectivity index (χ4v) is 2.39. The maximum absolute atomic E-state index is 12.2. The van der Waals surface area contributed by atoms with Crippen molar-refractivity contribution in [3.05, 3.63) is 34.3 Å². The van der Waals surface area contributed by atoms with Crippen molar-refractivity contribution in [2.75, 3.05) is 11.1 Å². The van der Waals surface area contributed by atoms with Gasteiger partial charge in [-0.25, -0.2) is 0 Å². The van der Waals surface area contributed by atoms with Gasteiger partial charge in [0, 0.05) is 5.69 Å². The van der Waals surface area contributed by atoms with E-state index < -0.39 is 0 Å². The zero-order valence-corrected chi connectivity index (χ0v) is 11.9. The fraction of sp³-hybridized carbons (Fsp3) is 0.231. The molecule has 0 saturated heterocycles. The molecule has 0 aliphatic heterocycles. The third kappa shape index (κ3) is 2.75. The first-order chi connectivity index (χ1) is 9.52. The molecule has 1 amide bonds. The lowest BCUT2D eigenvalue weighted by Gasteiger charge is -2.08. The molecule has 2 rings (SSSR count). The van der Waals surface area contributed by atoms with Crippen LogP contribution in [0.3, 0.4) is 0 Å². The summed E-state index contributed by atoms with van der Waals surface area (Å²) in [6.45, 7) is 3.88. The molecule has 0 aliphatic rings. The molecule has 0 spiro atoms. The summed E-state index contributed by atoms with van der Waals surface area (Å²) in [5.74, 6) is -0.207. The molecule has 0 aliphatic carbocycles. The van der Waals surface area contributed by atoms with Gasteiger partial charge in [0.05, 0.1) is 16.9 Å². The average molecular weight is 287 g/mol. The van der Waals surface area contributed by atoms with Crippen LogP contribution in [-0.4, -0.2) is 15.5 Å². The normalized spacial score (nSPS) is 10.3. The number of nitrogens with two attached hydrogens (primary N) is 1. The molecule has 0 fully saturated rings. The predicted octanol–water partition coefficient (Wildman–Crippen LogP) is 2.37. The third-order valence-corrected chi connectivity index (χ3v) is 3.42. The van der Waals surface area contributed by atoms with E-state index in [1.807, 2.05) is 19.9 Å². The van der Waals surface area contributed by atoms with E-state index in [0.717, 1.165) is 11.5 Å². The number of nitriles is 1. The second-order valence-electron chi connectivity index (χ2n) is 4.51. The van der Waals surface area contributed by atoms with Gasteiger partial charge in [-0.2, -0.15) is 5.26 Å². The van der Waals surface area contributed by atoms with Crippen molar-refractivity contribution in [2.45, 2.75) is 19.8 Å². The van der Waals surface area contributed by atoms with Crippen molar-refractivity contribution in [3.8, 4) is 6.07 Å². The van der Waals surface area contributed by atoms with Crippen LogP contribution < -0.4 is 11.1 Å². The van der Waals surface area contributed by atoms with Crippen molar-refractivity contribution >= 4 is 28.8 Å². The standard InChI is InChI=1S/C13H13N5OS/c1-7(2)11-12(20-18-17-11)13(19)16-10-4-3-9(15)5-8(10)6-14/h3-5,7H,15H2,1-2H3,(H,16,19). The zero-order chi connectivity index (χ0) is 14.7. The summed E-state index contributed by atoms with van der Waals surface area (Å²) >= 11 is 1.04. The second kappa shape index (κ2) is 5.67. The lowest BCUT2D eigenvalue weighted by atomic mass is 10.1. The number of carbonyl (C=O) groups excluding carboxylic acids is 1. The van der Waals surface area contributed by atoms with Gasteiger partial charge in [-0.15, -0.1) is 5.10 Å². The molecular formula is C13H13N5OS. The second-order valence-corrected chi connectivity index (χ2v) is 5.27. The largest absolute Gasteiger partial charge is 0.399 e. The SMILES string of the molecule is CC(C)c1nnsc1C(=O)Nc1ccc(N)cc1C#N. The lowest BCUT2D eigenvalue weighted by Crippen LogP contribution is -2.14. The van der Waals surface area contributed by atoms with Crippen LogP contribution in [0.25, 0.3) is 0 Å². The van der Waals surface area contributed by atoms with Crippen LogP contribution in [-0.2, 0) is 0 Å². The van der Waals surface area contributed by atoms with Crippen LogP contribution in [0.2, 0.25) is 0 Å². The lowest BCUT2D eigenvalue weighted by molar-refractivity contribution is 0.102. The Hall–Kier alpha value is -2.46. The van der Waals surface area contributed by atoms with Crippen LogP contribution >= 0.6 is 11.5 Å². The van der Waals surface area contributed by atoms with Gasteiger partial charge < -0.3 is 11.1 Å². The number of nitrogens with one attached hydrogen (secondary N) is 1. The molecule has 0 bridgehead atoms. The van der Waals surface area contributed by atoms with E-state index >= 15 is 0 Å². The fourth-order valence-electron chi connectivity index (χ4n) is 1.68. The minimum absolute atomic E-state index is 0.108. The van der Waals surface area contributed by atoms with E-state index in [4.69, 9.17) is 11.0 Å². The number of nitrogen functional groups attached to an aromatic ring is 1. The first kappa shape index (κ1) is 14.0. The highest BCUT2D eigenvalue weighted by Gasteiger charge is 2.19. The highest BCUT2D eigenvalue weighted by molar-refractivity contribution is 7.08. The smallest absolute Gasteiger partial charge is 0.269 e. The summed E-state index contributed by atoms with van der Waals surface area (Å²) in [5, 5.41) is 15.7. The molecule has 3 N–H and O–H groups in total. The van der Waals surface area contributed by atoms with E-state index in [1.165, 1.54) is 6.07 Å². The van der Waals surface area contributed by atoms with Gasteiger partial charge in [0.2, 0.25) is 0 Å². The molecule has 0 atom stereocenters. The number of aromatic nitrogens is 2. The maximum atomic E-state index is 12.2. The van der Waals surface area contributed by atoms with E-state index in [2.05, 4.69) is 14.9 Å². The molecule has 2 aromatic rings. The number of benzene rings is 1. The van der Waals surface area contributed by atoms with Crippen molar-refractivity contribution < 1.29 is 4.79 Å². The molecule has 0 radical (unpaired) electrons. The predicted molar refractivity (Wildman–Crippen MR) is 77.5 cm³/mol. The third-order valence-electron chi connectivity index (χ3n) is 2.68. The molecule has 0 saturated carbocycles. The Bertz CT molecular complexity index is 686. The van der Waals surface area contributed by atoms with Crippen LogP contribution in [0.4, 0.5) is 11.4 Å². The summed E-state index contributed by atoms with van der Waals surface area (Å²) in [4.78, 5) is 12.7. The van der Waals surface area contributed by atoms with Gasteiger partial charge in [-0.05, 0) is 35.6 Å². The minimum atomic E-state index is -0.315. The summed E-state index contributed by atoms with van der Waals surface area (Å²) in [7, 11) is 0. The summed E-state index contributed by atoms with van der Waals surface area (Å²) in [6, 6.07) is 6.76. The monoisotopic (exact) mass is 287 g/mol. The highest BCUT2D eigenvalue weighted by atomic mass is 32.1. The van der Waals surface area contributed by atoms with Crippen molar-refractivity contribution in [1.82, 2.24) is 9.59 Å². The van der Waals surface area contributed by atoms with E-state index in [9.17, 15) is 4.79 Å². The van der Waals surface area contributed by atoms with E-state index in [-0.39, 0.29) is 11.8 Å². The van der Waals surface area contributed by atoms with Gasteiger partial charge in [0.25, 0.3) is 5.91 Å². The Morgan fingerprint density at radius 1 is 1.50 bits per heavy atom. The van der Waals surface area contributed by atoms with Crippen molar-refractivity contribution in [3.63, 3.8) is 0 Å². The number of rotatable bonds is 3. The number of amides is 1.